The van der Waals surface area contributed by atoms with E-state index in [0.29, 0.717) is 10.6 Å². The van der Waals surface area contributed by atoms with Crippen molar-refractivity contribution in [3.05, 3.63) is 34.9 Å². The lowest BCUT2D eigenvalue weighted by molar-refractivity contribution is 0.109. The summed E-state index contributed by atoms with van der Waals surface area (Å²) in [7, 11) is 0. The molecule has 14 heavy (non-hydrogen) atoms. The fraction of sp³-hybridized carbons (Fsp3) is 0.333. The van der Waals surface area contributed by atoms with Crippen molar-refractivity contribution in [2.24, 2.45) is 5.73 Å². The van der Waals surface area contributed by atoms with Crippen molar-refractivity contribution in [3.8, 4) is 0 Å². The van der Waals surface area contributed by atoms with Crippen LogP contribution in [0.25, 0.3) is 0 Å². The molecule has 0 radical (unpaired) electrons. The minimum atomic E-state index is -0.845. The summed E-state index contributed by atoms with van der Waals surface area (Å²) in [4.78, 5) is 0. The van der Waals surface area contributed by atoms with Crippen molar-refractivity contribution < 1.29 is 10.2 Å². The molecule has 0 heterocycles. The van der Waals surface area contributed by atoms with Crippen molar-refractivity contribution >= 4 is 24.0 Å². The van der Waals surface area contributed by atoms with Gasteiger partial charge in [-0.15, -0.1) is 12.4 Å². The Morgan fingerprint density at radius 2 is 1.79 bits per heavy atom. The quantitative estimate of drug-likeness (QED) is 0.739. The molecule has 1 rings (SSSR count). The highest BCUT2D eigenvalue weighted by Crippen LogP contribution is 2.17. The Labute approximate surface area is 93.9 Å². The standard InChI is InChI=1S/C9H12ClNO2.ClH/c10-7-3-1-6(2-4-7)9(13)8(11)5-12;/h1-4,8-9,12-13H,5,11H2;1H. The van der Waals surface area contributed by atoms with E-state index in [1.54, 1.807) is 24.3 Å². The minimum Gasteiger partial charge on any atom is -0.395 e. The Kier molecular flexibility index (Phi) is 6.08. The molecule has 0 aromatic heterocycles. The highest BCUT2D eigenvalue weighted by atomic mass is 35.5. The Morgan fingerprint density at radius 1 is 1.29 bits per heavy atom. The lowest BCUT2D eigenvalue weighted by Crippen LogP contribution is -2.31. The van der Waals surface area contributed by atoms with E-state index in [1.807, 2.05) is 0 Å². The number of nitrogens with two attached hydrogens (primary N) is 1. The topological polar surface area (TPSA) is 66.5 Å². The smallest absolute Gasteiger partial charge is 0.0963 e. The maximum atomic E-state index is 9.55. The molecule has 0 aliphatic heterocycles. The Hall–Kier alpha value is -0.320. The Balaban J connectivity index is 0.00000169. The van der Waals surface area contributed by atoms with Gasteiger partial charge in [-0.05, 0) is 17.7 Å². The van der Waals surface area contributed by atoms with Gasteiger partial charge in [0, 0.05) is 5.02 Å². The number of aliphatic hydroxyl groups excluding tert-OH is 2. The highest BCUT2D eigenvalue weighted by Gasteiger charge is 2.15. The Bertz CT molecular complexity index is 266. The highest BCUT2D eigenvalue weighted by molar-refractivity contribution is 6.30. The van der Waals surface area contributed by atoms with Gasteiger partial charge >= 0.3 is 0 Å². The molecule has 2 unspecified atom stereocenters. The minimum absolute atomic E-state index is 0. The van der Waals surface area contributed by atoms with Gasteiger partial charge in [0.15, 0.2) is 0 Å². The van der Waals surface area contributed by atoms with E-state index in [2.05, 4.69) is 0 Å². The largest absolute Gasteiger partial charge is 0.395 e. The van der Waals surface area contributed by atoms with Gasteiger partial charge < -0.3 is 15.9 Å². The molecule has 0 aliphatic carbocycles. The lowest BCUT2D eigenvalue weighted by Gasteiger charge is -2.16. The number of benzene rings is 1. The van der Waals surface area contributed by atoms with Crippen LogP contribution < -0.4 is 5.73 Å². The monoisotopic (exact) mass is 237 g/mol. The summed E-state index contributed by atoms with van der Waals surface area (Å²) in [6, 6.07) is 6.06. The van der Waals surface area contributed by atoms with Crippen LogP contribution in [0.1, 0.15) is 11.7 Å². The van der Waals surface area contributed by atoms with Gasteiger partial charge in [-0.2, -0.15) is 0 Å². The number of halogens is 2. The third-order valence-electron chi connectivity index (χ3n) is 1.83. The zero-order valence-electron chi connectivity index (χ0n) is 7.43. The predicted octanol–water partition coefficient (Wildman–Crippen LogP) is 1.11. The second kappa shape index (κ2) is 6.22. The van der Waals surface area contributed by atoms with Gasteiger partial charge in [0.25, 0.3) is 0 Å². The molecular weight excluding hydrogens is 225 g/mol. The number of hydrogen-bond acceptors (Lipinski definition) is 3. The third kappa shape index (κ3) is 3.44. The number of rotatable bonds is 3. The average Bonchev–Trinajstić information content (AvgIpc) is 2.17. The van der Waals surface area contributed by atoms with E-state index >= 15 is 0 Å². The van der Waals surface area contributed by atoms with Crippen LogP contribution >= 0.6 is 24.0 Å². The predicted molar refractivity (Wildman–Crippen MR) is 58.7 cm³/mol. The molecule has 5 heteroatoms. The number of hydrogen-bond donors (Lipinski definition) is 3. The molecule has 0 fully saturated rings. The van der Waals surface area contributed by atoms with Crippen LogP contribution in [0, 0.1) is 0 Å². The summed E-state index contributed by atoms with van der Waals surface area (Å²) < 4.78 is 0. The first-order valence-electron chi connectivity index (χ1n) is 3.95. The molecule has 1 aromatic rings. The third-order valence-corrected chi connectivity index (χ3v) is 2.08. The number of aliphatic hydroxyl groups is 2. The summed E-state index contributed by atoms with van der Waals surface area (Å²) in [6.45, 7) is -0.246. The molecule has 1 aromatic carbocycles. The molecule has 0 aliphatic rings. The summed E-state index contributed by atoms with van der Waals surface area (Å²) >= 11 is 5.67. The second-order valence-electron chi connectivity index (χ2n) is 2.84. The molecule has 0 bridgehead atoms. The van der Waals surface area contributed by atoms with E-state index in [1.165, 1.54) is 0 Å². The van der Waals surface area contributed by atoms with Gasteiger partial charge in [0.1, 0.15) is 0 Å². The van der Waals surface area contributed by atoms with Gasteiger partial charge in [0.05, 0.1) is 18.8 Å². The maximum absolute atomic E-state index is 9.55. The zero-order valence-corrected chi connectivity index (χ0v) is 9.00. The molecule has 3 nitrogen and oxygen atoms in total. The zero-order chi connectivity index (χ0) is 9.84. The van der Waals surface area contributed by atoms with E-state index in [0.717, 1.165) is 0 Å². The lowest BCUT2D eigenvalue weighted by atomic mass is 10.0. The molecule has 0 spiro atoms. The van der Waals surface area contributed by atoms with Crippen LogP contribution in [0.4, 0.5) is 0 Å². The van der Waals surface area contributed by atoms with Crippen molar-refractivity contribution in [1.82, 2.24) is 0 Å². The van der Waals surface area contributed by atoms with E-state index in [9.17, 15) is 5.11 Å². The molecule has 2 atom stereocenters. The van der Waals surface area contributed by atoms with E-state index < -0.39 is 12.1 Å². The van der Waals surface area contributed by atoms with Crippen LogP contribution in [0.5, 0.6) is 0 Å². The van der Waals surface area contributed by atoms with Crippen molar-refractivity contribution in [3.63, 3.8) is 0 Å². The molecular formula is C9H13Cl2NO2. The van der Waals surface area contributed by atoms with Crippen molar-refractivity contribution in [1.29, 1.82) is 0 Å². The van der Waals surface area contributed by atoms with Gasteiger partial charge in [0.2, 0.25) is 0 Å². The van der Waals surface area contributed by atoms with Crippen LogP contribution in [0.3, 0.4) is 0 Å². The van der Waals surface area contributed by atoms with Crippen LogP contribution in [0.2, 0.25) is 5.02 Å². The van der Waals surface area contributed by atoms with Crippen molar-refractivity contribution in [2.45, 2.75) is 12.1 Å². The molecule has 4 N–H and O–H groups in total. The summed E-state index contributed by atoms with van der Waals surface area (Å²) in [6.07, 6.45) is -0.845. The second-order valence-corrected chi connectivity index (χ2v) is 3.28. The molecule has 0 saturated heterocycles. The molecule has 80 valence electrons. The fourth-order valence-electron chi connectivity index (χ4n) is 1.01. The van der Waals surface area contributed by atoms with E-state index in [4.69, 9.17) is 22.4 Å². The fourth-order valence-corrected chi connectivity index (χ4v) is 1.13. The first-order valence-corrected chi connectivity index (χ1v) is 4.33. The Morgan fingerprint density at radius 3 is 2.21 bits per heavy atom. The summed E-state index contributed by atoms with van der Waals surface area (Å²) in [5.41, 5.74) is 6.11. The normalized spacial score (nSPS) is 14.3. The van der Waals surface area contributed by atoms with Crippen molar-refractivity contribution in [2.75, 3.05) is 6.61 Å². The summed E-state index contributed by atoms with van der Waals surface area (Å²) in [5, 5.41) is 18.9. The van der Waals surface area contributed by atoms with Crippen LogP contribution in [-0.4, -0.2) is 22.9 Å². The van der Waals surface area contributed by atoms with Gasteiger partial charge in [-0.1, -0.05) is 23.7 Å². The first-order chi connectivity index (χ1) is 6.15. The van der Waals surface area contributed by atoms with Gasteiger partial charge in [-0.25, -0.2) is 0 Å². The van der Waals surface area contributed by atoms with Crippen LogP contribution in [-0.2, 0) is 0 Å². The van der Waals surface area contributed by atoms with Gasteiger partial charge in [-0.3, -0.25) is 0 Å². The molecule has 0 saturated carbocycles. The molecule has 0 amide bonds. The summed E-state index contributed by atoms with van der Waals surface area (Å²) in [5.74, 6) is 0. The SMILES string of the molecule is Cl.NC(CO)C(O)c1ccc(Cl)cc1. The first kappa shape index (κ1) is 13.7. The average molecular weight is 238 g/mol. The maximum Gasteiger partial charge on any atom is 0.0963 e. The van der Waals surface area contributed by atoms with Crippen LogP contribution in [0.15, 0.2) is 24.3 Å². The van der Waals surface area contributed by atoms with E-state index in [-0.39, 0.29) is 19.0 Å².